The number of nitrogens with zero attached hydrogens (tertiary/aromatic N) is 3. The van der Waals surface area contributed by atoms with Crippen LogP contribution in [0.25, 0.3) is 0 Å². The first-order valence-corrected chi connectivity index (χ1v) is 7.54. The van der Waals surface area contributed by atoms with E-state index in [4.69, 9.17) is 32.7 Å². The Morgan fingerprint density at radius 3 is 1.71 bits per heavy atom. The molecule has 2 aromatic heterocycles. The minimum absolute atomic E-state index is 0.309. The van der Waals surface area contributed by atoms with Gasteiger partial charge in [-0.25, -0.2) is 9.97 Å². The second-order valence-corrected chi connectivity index (χ2v) is 5.38. The van der Waals surface area contributed by atoms with Crippen molar-refractivity contribution in [2.45, 2.75) is 0 Å². The Labute approximate surface area is 148 Å². The fraction of sp³-hybridized carbons (Fsp3) is 0. The topological polar surface area (TPSA) is 68.0 Å². The van der Waals surface area contributed by atoms with Gasteiger partial charge in [0, 0.05) is 18.2 Å². The Hall–Kier alpha value is -2.81. The number of hydrogen-bond donors (Lipinski definition) is 0. The Kier molecular flexibility index (Phi) is 4.80. The van der Waals surface area contributed by atoms with Crippen molar-refractivity contribution >= 4 is 23.2 Å². The molecule has 0 aliphatic rings. The average Bonchev–Trinajstić information content (AvgIpc) is 2.54. The van der Waals surface area contributed by atoms with E-state index in [9.17, 15) is 5.26 Å². The van der Waals surface area contributed by atoms with Crippen molar-refractivity contribution in [3.05, 3.63) is 70.5 Å². The number of rotatable bonds is 4. The molecular weight excluding hydrogens is 349 g/mol. The lowest BCUT2D eigenvalue weighted by Gasteiger charge is -2.09. The van der Waals surface area contributed by atoms with Gasteiger partial charge in [0.15, 0.2) is 0 Å². The van der Waals surface area contributed by atoms with E-state index in [2.05, 4.69) is 9.97 Å². The van der Waals surface area contributed by atoms with E-state index < -0.39 is 0 Å². The molecule has 7 heteroatoms. The van der Waals surface area contributed by atoms with Gasteiger partial charge in [0.05, 0.1) is 11.6 Å². The first kappa shape index (κ1) is 16.1. The second-order valence-electron chi connectivity index (χ2n) is 4.61. The average molecular weight is 358 g/mol. The van der Waals surface area contributed by atoms with Crippen LogP contribution in [0, 0.1) is 11.3 Å². The maximum absolute atomic E-state index is 9.17. The van der Waals surface area contributed by atoms with Crippen LogP contribution in [0.4, 0.5) is 0 Å². The highest BCUT2D eigenvalue weighted by Gasteiger charge is 2.07. The fourth-order valence-electron chi connectivity index (χ4n) is 1.89. The quantitative estimate of drug-likeness (QED) is 0.597. The zero-order chi connectivity index (χ0) is 16.9. The van der Waals surface area contributed by atoms with Crippen molar-refractivity contribution < 1.29 is 9.47 Å². The van der Waals surface area contributed by atoms with Gasteiger partial charge in [0.2, 0.25) is 11.8 Å². The molecule has 0 saturated carbocycles. The van der Waals surface area contributed by atoms with E-state index in [0.717, 1.165) is 0 Å². The smallest absolute Gasteiger partial charge is 0.220 e. The molecule has 3 aromatic rings. The molecule has 0 bridgehead atoms. The highest BCUT2D eigenvalue weighted by atomic mass is 35.5. The predicted octanol–water partition coefficient (Wildman–Crippen LogP) is 5.24. The molecule has 24 heavy (non-hydrogen) atoms. The van der Waals surface area contributed by atoms with Crippen LogP contribution in [0.2, 0.25) is 10.3 Å². The molecule has 0 spiro atoms. The van der Waals surface area contributed by atoms with E-state index in [1.165, 1.54) is 0 Å². The largest absolute Gasteiger partial charge is 0.439 e. The summed E-state index contributed by atoms with van der Waals surface area (Å²) in [5.74, 6) is 1.40. The van der Waals surface area contributed by atoms with Gasteiger partial charge in [-0.05, 0) is 24.3 Å². The molecule has 1 aromatic carbocycles. The summed E-state index contributed by atoms with van der Waals surface area (Å²) in [5, 5.41) is 9.79. The van der Waals surface area contributed by atoms with Gasteiger partial charge in [0.25, 0.3) is 0 Å². The van der Waals surface area contributed by atoms with E-state index in [1.807, 2.05) is 6.07 Å². The SMILES string of the molecule is N#Cc1cc(Oc2cccc(Cl)n2)cc(Oc2cccc(Cl)n2)c1. The standard InChI is InChI=1S/C17H9Cl2N3O2/c18-14-3-1-5-16(21-14)23-12-7-11(10-20)8-13(9-12)24-17-6-2-4-15(19)22-17/h1-9H. The molecule has 0 amide bonds. The number of hydrogen-bond acceptors (Lipinski definition) is 5. The number of halogens is 2. The maximum Gasteiger partial charge on any atom is 0.220 e. The molecule has 5 nitrogen and oxygen atoms in total. The van der Waals surface area contributed by atoms with Crippen LogP contribution in [-0.2, 0) is 0 Å². The Morgan fingerprint density at radius 1 is 0.792 bits per heavy atom. The number of pyridine rings is 2. The van der Waals surface area contributed by atoms with Crippen LogP contribution < -0.4 is 9.47 Å². The van der Waals surface area contributed by atoms with Crippen LogP contribution in [0.5, 0.6) is 23.3 Å². The number of benzene rings is 1. The third-order valence-corrected chi connectivity index (χ3v) is 3.25. The van der Waals surface area contributed by atoms with Gasteiger partial charge in [-0.2, -0.15) is 5.26 Å². The summed E-state index contributed by atoms with van der Waals surface area (Å²) in [6.45, 7) is 0. The van der Waals surface area contributed by atoms with Gasteiger partial charge in [-0.15, -0.1) is 0 Å². The minimum Gasteiger partial charge on any atom is -0.439 e. The molecule has 0 atom stereocenters. The van der Waals surface area contributed by atoms with Crippen LogP contribution in [0.3, 0.4) is 0 Å². The van der Waals surface area contributed by atoms with Crippen LogP contribution in [0.15, 0.2) is 54.6 Å². The van der Waals surface area contributed by atoms with Crippen molar-refractivity contribution in [2.24, 2.45) is 0 Å². The summed E-state index contributed by atoms with van der Waals surface area (Å²) in [4.78, 5) is 8.08. The van der Waals surface area contributed by atoms with Gasteiger partial charge >= 0.3 is 0 Å². The Balaban J connectivity index is 1.89. The highest BCUT2D eigenvalue weighted by molar-refractivity contribution is 6.29. The molecule has 0 saturated heterocycles. The molecule has 0 radical (unpaired) electrons. The molecule has 118 valence electrons. The van der Waals surface area contributed by atoms with E-state index >= 15 is 0 Å². The minimum atomic E-state index is 0.309. The van der Waals surface area contributed by atoms with Gasteiger partial charge < -0.3 is 9.47 Å². The van der Waals surface area contributed by atoms with Gasteiger partial charge in [-0.3, -0.25) is 0 Å². The first-order valence-electron chi connectivity index (χ1n) is 6.78. The summed E-state index contributed by atoms with van der Waals surface area (Å²) < 4.78 is 11.3. The lowest BCUT2D eigenvalue weighted by atomic mass is 10.2. The highest BCUT2D eigenvalue weighted by Crippen LogP contribution is 2.29. The lowest BCUT2D eigenvalue weighted by Crippen LogP contribution is -1.92. The molecule has 0 aliphatic heterocycles. The molecule has 0 unspecified atom stereocenters. The van der Waals surface area contributed by atoms with Gasteiger partial charge in [-0.1, -0.05) is 35.3 Å². The van der Waals surface area contributed by atoms with Gasteiger partial charge in [0.1, 0.15) is 21.8 Å². The number of ether oxygens (including phenoxy) is 2. The lowest BCUT2D eigenvalue weighted by molar-refractivity contribution is 0.442. The monoisotopic (exact) mass is 357 g/mol. The van der Waals surface area contributed by atoms with Crippen molar-refractivity contribution in [3.8, 4) is 29.3 Å². The van der Waals surface area contributed by atoms with Crippen LogP contribution in [0.1, 0.15) is 5.56 Å². The van der Waals surface area contributed by atoms with Crippen molar-refractivity contribution in [3.63, 3.8) is 0 Å². The third kappa shape index (κ3) is 4.13. The first-order chi connectivity index (χ1) is 11.6. The fourth-order valence-corrected chi connectivity index (χ4v) is 2.20. The van der Waals surface area contributed by atoms with Crippen molar-refractivity contribution in [1.82, 2.24) is 9.97 Å². The molecule has 0 aliphatic carbocycles. The predicted molar refractivity (Wildman–Crippen MR) is 89.8 cm³/mol. The zero-order valence-electron chi connectivity index (χ0n) is 12.1. The normalized spacial score (nSPS) is 10.0. The Morgan fingerprint density at radius 2 is 1.29 bits per heavy atom. The summed E-state index contributed by atoms with van der Waals surface area (Å²) >= 11 is 11.7. The maximum atomic E-state index is 9.17. The molecule has 2 heterocycles. The molecule has 0 N–H and O–H groups in total. The summed E-state index contributed by atoms with van der Waals surface area (Å²) in [6, 6.07) is 16.8. The summed E-state index contributed by atoms with van der Waals surface area (Å²) in [7, 11) is 0. The molecule has 3 rings (SSSR count). The summed E-state index contributed by atoms with van der Waals surface area (Å²) in [6.07, 6.45) is 0. The zero-order valence-corrected chi connectivity index (χ0v) is 13.6. The summed E-state index contributed by atoms with van der Waals surface area (Å²) in [5.41, 5.74) is 0.367. The van der Waals surface area contributed by atoms with Crippen LogP contribution >= 0.6 is 23.2 Å². The van der Waals surface area contributed by atoms with E-state index in [0.29, 0.717) is 39.1 Å². The second kappa shape index (κ2) is 7.18. The number of nitriles is 1. The molecule has 0 fully saturated rings. The van der Waals surface area contributed by atoms with E-state index in [1.54, 1.807) is 54.6 Å². The van der Waals surface area contributed by atoms with Crippen molar-refractivity contribution in [2.75, 3.05) is 0 Å². The van der Waals surface area contributed by atoms with E-state index in [-0.39, 0.29) is 0 Å². The Bertz CT molecular complexity index is 860. The van der Waals surface area contributed by atoms with Crippen LogP contribution in [-0.4, -0.2) is 9.97 Å². The number of aromatic nitrogens is 2. The van der Waals surface area contributed by atoms with Crippen molar-refractivity contribution in [1.29, 1.82) is 5.26 Å². The third-order valence-electron chi connectivity index (χ3n) is 2.83. The molecular formula is C17H9Cl2N3O2.